The molecule has 1 aromatic carbocycles. The number of carbonyl (C=O) groups excluding carboxylic acids is 1. The lowest BCUT2D eigenvalue weighted by Crippen LogP contribution is -2.41. The maximum absolute atomic E-state index is 12.6. The molecule has 0 saturated carbocycles. The zero-order chi connectivity index (χ0) is 19.3. The minimum atomic E-state index is -1.12. The summed E-state index contributed by atoms with van der Waals surface area (Å²) < 4.78 is 10.2. The Balaban J connectivity index is 2.29. The van der Waals surface area contributed by atoms with Gasteiger partial charge < -0.3 is 19.7 Å². The van der Waals surface area contributed by atoms with E-state index in [4.69, 9.17) is 9.26 Å². The summed E-state index contributed by atoms with van der Waals surface area (Å²) in [4.78, 5) is 28.3. The molecule has 1 heterocycles. The first-order chi connectivity index (χ1) is 12.2. The van der Waals surface area contributed by atoms with Crippen molar-refractivity contribution in [2.75, 3.05) is 13.7 Å². The van der Waals surface area contributed by atoms with Crippen LogP contribution in [-0.4, -0.2) is 46.9 Å². The van der Waals surface area contributed by atoms with Crippen molar-refractivity contribution < 1.29 is 24.0 Å². The highest BCUT2D eigenvalue weighted by Gasteiger charge is 2.25. The average molecular weight is 361 g/mol. The van der Waals surface area contributed by atoms with Crippen LogP contribution in [0.4, 0.5) is 0 Å². The van der Waals surface area contributed by atoms with Crippen molar-refractivity contribution in [3.63, 3.8) is 0 Å². The molecule has 0 saturated heterocycles. The van der Waals surface area contributed by atoms with E-state index in [1.54, 1.807) is 24.3 Å². The van der Waals surface area contributed by atoms with Gasteiger partial charge in [0.15, 0.2) is 5.82 Å². The minimum Gasteiger partial charge on any atom is -0.480 e. The fraction of sp³-hybridized carbons (Fsp3) is 0.444. The molecule has 0 aliphatic rings. The Kier molecular flexibility index (Phi) is 6.10. The largest absolute Gasteiger partial charge is 0.480 e. The van der Waals surface area contributed by atoms with Gasteiger partial charge >= 0.3 is 5.97 Å². The van der Waals surface area contributed by atoms with E-state index < -0.39 is 17.9 Å². The van der Waals surface area contributed by atoms with Crippen molar-refractivity contribution in [2.45, 2.75) is 38.6 Å². The first-order valence-electron chi connectivity index (χ1n) is 8.20. The number of carboxylic acid groups (broad SMARTS) is 1. The van der Waals surface area contributed by atoms with Gasteiger partial charge in [-0.05, 0) is 12.1 Å². The number of carboxylic acids is 1. The molecule has 2 aromatic rings. The minimum absolute atomic E-state index is 0.161. The Morgan fingerprint density at radius 2 is 2.00 bits per heavy atom. The van der Waals surface area contributed by atoms with Crippen molar-refractivity contribution in [1.29, 1.82) is 0 Å². The standard InChI is InChI=1S/C18H23N3O5/c1-18(2,3)17-20-15(26-21-17)12-8-6-5-7-11(12)14(22)19-13(16(23)24)9-10-25-4/h5-8,13H,9-10H2,1-4H3,(H,19,22)(H,23,24). The van der Waals surface area contributed by atoms with Crippen LogP contribution >= 0.6 is 0 Å². The second-order valence-electron chi connectivity index (χ2n) is 6.86. The number of amides is 1. The number of carbonyl (C=O) groups is 2. The van der Waals surface area contributed by atoms with E-state index >= 15 is 0 Å². The molecule has 8 heteroatoms. The molecule has 0 aliphatic heterocycles. The summed E-state index contributed by atoms with van der Waals surface area (Å²) >= 11 is 0. The summed E-state index contributed by atoms with van der Waals surface area (Å²) in [5.41, 5.74) is 0.414. The lowest BCUT2D eigenvalue weighted by Gasteiger charge is -2.15. The van der Waals surface area contributed by atoms with Gasteiger partial charge in [0.25, 0.3) is 11.8 Å². The number of hydrogen-bond acceptors (Lipinski definition) is 6. The van der Waals surface area contributed by atoms with Crippen LogP contribution in [0, 0.1) is 0 Å². The maximum atomic E-state index is 12.6. The van der Waals surface area contributed by atoms with Crippen LogP contribution in [0.15, 0.2) is 28.8 Å². The highest BCUT2D eigenvalue weighted by atomic mass is 16.5. The third kappa shape index (κ3) is 4.66. The Labute approximate surface area is 151 Å². The quantitative estimate of drug-likeness (QED) is 0.777. The summed E-state index contributed by atoms with van der Waals surface area (Å²) in [7, 11) is 1.47. The number of nitrogens with zero attached hydrogens (tertiary/aromatic N) is 2. The van der Waals surface area contributed by atoms with Gasteiger partial charge in [0.05, 0.1) is 11.1 Å². The molecular weight excluding hydrogens is 338 g/mol. The van der Waals surface area contributed by atoms with Crippen LogP contribution in [0.25, 0.3) is 11.5 Å². The molecule has 140 valence electrons. The van der Waals surface area contributed by atoms with Crippen molar-refractivity contribution >= 4 is 11.9 Å². The van der Waals surface area contributed by atoms with Gasteiger partial charge in [0.1, 0.15) is 6.04 Å². The number of rotatable bonds is 7. The molecule has 1 amide bonds. The normalized spacial score (nSPS) is 12.6. The van der Waals surface area contributed by atoms with Gasteiger partial charge in [-0.25, -0.2) is 4.79 Å². The number of aliphatic carboxylic acids is 1. The average Bonchev–Trinajstić information content (AvgIpc) is 3.08. The molecule has 1 atom stereocenters. The van der Waals surface area contributed by atoms with Gasteiger partial charge in [-0.15, -0.1) is 0 Å². The SMILES string of the molecule is COCCC(NC(=O)c1ccccc1-c1nc(C(C)(C)C)no1)C(=O)O. The molecular formula is C18H23N3O5. The second-order valence-corrected chi connectivity index (χ2v) is 6.86. The topological polar surface area (TPSA) is 115 Å². The third-order valence-electron chi connectivity index (χ3n) is 3.71. The predicted molar refractivity (Wildman–Crippen MR) is 93.8 cm³/mol. The van der Waals surface area contributed by atoms with Crippen molar-refractivity contribution in [3.05, 3.63) is 35.7 Å². The maximum Gasteiger partial charge on any atom is 0.326 e. The fourth-order valence-electron chi connectivity index (χ4n) is 2.23. The third-order valence-corrected chi connectivity index (χ3v) is 3.71. The first-order valence-corrected chi connectivity index (χ1v) is 8.20. The molecule has 0 radical (unpaired) electrons. The summed E-state index contributed by atoms with van der Waals surface area (Å²) in [6.45, 7) is 6.08. The first kappa shape index (κ1) is 19.6. The van der Waals surface area contributed by atoms with Crippen molar-refractivity contribution in [1.82, 2.24) is 15.5 Å². The molecule has 2 rings (SSSR count). The van der Waals surface area contributed by atoms with Crippen LogP contribution in [-0.2, 0) is 14.9 Å². The molecule has 2 N–H and O–H groups in total. The highest BCUT2D eigenvalue weighted by Crippen LogP contribution is 2.26. The summed E-state index contributed by atoms with van der Waals surface area (Å²) in [6.07, 6.45) is 0.161. The Bertz CT molecular complexity index is 779. The molecule has 26 heavy (non-hydrogen) atoms. The number of methoxy groups -OCH3 is 1. The number of nitrogens with one attached hydrogen (secondary N) is 1. The fourth-order valence-corrected chi connectivity index (χ4v) is 2.23. The molecule has 8 nitrogen and oxygen atoms in total. The molecule has 1 aromatic heterocycles. The molecule has 0 aliphatic carbocycles. The Morgan fingerprint density at radius 3 is 2.58 bits per heavy atom. The molecule has 0 fully saturated rings. The lowest BCUT2D eigenvalue weighted by atomic mass is 9.96. The molecule has 1 unspecified atom stereocenters. The van der Waals surface area contributed by atoms with E-state index in [-0.39, 0.29) is 29.9 Å². The second kappa shape index (κ2) is 8.09. The van der Waals surface area contributed by atoms with E-state index in [1.807, 2.05) is 20.8 Å². The van der Waals surface area contributed by atoms with Crippen molar-refractivity contribution in [2.24, 2.45) is 0 Å². The van der Waals surface area contributed by atoms with Crippen LogP contribution in [0.2, 0.25) is 0 Å². The lowest BCUT2D eigenvalue weighted by molar-refractivity contribution is -0.139. The van der Waals surface area contributed by atoms with Gasteiger partial charge in [-0.2, -0.15) is 4.98 Å². The van der Waals surface area contributed by atoms with E-state index in [9.17, 15) is 14.7 Å². The van der Waals surface area contributed by atoms with Gasteiger partial charge in [0, 0.05) is 25.6 Å². The van der Waals surface area contributed by atoms with Crippen LogP contribution in [0.3, 0.4) is 0 Å². The summed E-state index contributed by atoms with van der Waals surface area (Å²) in [5, 5.41) is 15.7. The number of benzene rings is 1. The number of ether oxygens (including phenoxy) is 1. The van der Waals surface area contributed by atoms with Gasteiger partial charge in [-0.3, -0.25) is 4.79 Å². The Hall–Kier alpha value is -2.74. The van der Waals surface area contributed by atoms with E-state index in [2.05, 4.69) is 15.5 Å². The van der Waals surface area contributed by atoms with Crippen LogP contribution < -0.4 is 5.32 Å². The monoisotopic (exact) mass is 361 g/mol. The van der Waals surface area contributed by atoms with Crippen LogP contribution in [0.5, 0.6) is 0 Å². The molecule has 0 spiro atoms. The predicted octanol–water partition coefficient (Wildman–Crippen LogP) is 2.25. The Morgan fingerprint density at radius 1 is 1.31 bits per heavy atom. The van der Waals surface area contributed by atoms with E-state index in [0.29, 0.717) is 11.4 Å². The van der Waals surface area contributed by atoms with Gasteiger partial charge in [-0.1, -0.05) is 38.1 Å². The number of aromatic nitrogens is 2. The smallest absolute Gasteiger partial charge is 0.326 e. The van der Waals surface area contributed by atoms with E-state index in [1.165, 1.54) is 7.11 Å². The van der Waals surface area contributed by atoms with Crippen LogP contribution in [0.1, 0.15) is 43.4 Å². The number of hydrogen-bond donors (Lipinski definition) is 2. The van der Waals surface area contributed by atoms with Crippen molar-refractivity contribution in [3.8, 4) is 11.5 Å². The van der Waals surface area contributed by atoms with Gasteiger partial charge in [0.2, 0.25) is 0 Å². The zero-order valence-electron chi connectivity index (χ0n) is 15.3. The zero-order valence-corrected chi connectivity index (χ0v) is 15.3. The highest BCUT2D eigenvalue weighted by molar-refractivity contribution is 6.01. The molecule has 0 bridgehead atoms. The van der Waals surface area contributed by atoms with E-state index in [0.717, 1.165) is 0 Å². The summed E-state index contributed by atoms with van der Waals surface area (Å²) in [6, 6.07) is 5.64. The summed E-state index contributed by atoms with van der Waals surface area (Å²) in [5.74, 6) is -0.920.